The van der Waals surface area contributed by atoms with Crippen molar-refractivity contribution in [1.82, 2.24) is 9.97 Å². The molecule has 7 nitrogen and oxygen atoms in total. The molecule has 6 rings (SSSR count). The molecule has 2 aromatic carbocycles. The molecule has 1 aliphatic carbocycles. The first kappa shape index (κ1) is 24.4. The van der Waals surface area contributed by atoms with Gasteiger partial charge in [-0.25, -0.2) is 22.8 Å². The number of benzene rings is 2. The van der Waals surface area contributed by atoms with E-state index in [0.29, 0.717) is 53.2 Å². The summed E-state index contributed by atoms with van der Waals surface area (Å²) in [6.07, 6.45) is 7.66. The molecule has 3 aromatic rings. The van der Waals surface area contributed by atoms with Gasteiger partial charge in [-0.1, -0.05) is 23.7 Å². The second-order valence-electron chi connectivity index (χ2n) is 9.97. The lowest BCUT2D eigenvalue weighted by atomic mass is 9.98. The zero-order valence-electron chi connectivity index (χ0n) is 20.2. The van der Waals surface area contributed by atoms with Gasteiger partial charge in [-0.2, -0.15) is 0 Å². The van der Waals surface area contributed by atoms with Gasteiger partial charge in [-0.15, -0.1) is 0 Å². The molecule has 1 saturated carbocycles. The van der Waals surface area contributed by atoms with Gasteiger partial charge in [-0.3, -0.25) is 0 Å². The van der Waals surface area contributed by atoms with Gasteiger partial charge in [0.15, 0.2) is 11.6 Å². The third-order valence-electron chi connectivity index (χ3n) is 7.63. The number of hydrogen-bond acceptors (Lipinski definition) is 7. The Bertz CT molecular complexity index is 1420. The number of nitrogens with zero attached hydrogens (tertiary/aromatic N) is 3. The minimum Gasteiger partial charge on any atom is -0.490 e. The minimum atomic E-state index is -3.53. The summed E-state index contributed by atoms with van der Waals surface area (Å²) in [6.45, 7) is 2.03. The average Bonchev–Trinajstić information content (AvgIpc) is 3.46. The highest BCUT2D eigenvalue weighted by atomic mass is 35.5. The first-order chi connectivity index (χ1) is 17.8. The fourth-order valence-corrected chi connectivity index (χ4v) is 7.64. The topological polar surface area (TPSA) is 81.6 Å². The smallest absolute Gasteiger partial charge is 0.225 e. The molecule has 0 unspecified atom stereocenters. The van der Waals surface area contributed by atoms with Gasteiger partial charge in [-0.05, 0) is 67.0 Å². The Morgan fingerprint density at radius 2 is 1.73 bits per heavy atom. The number of aromatic nitrogens is 2. The van der Waals surface area contributed by atoms with Crippen LogP contribution >= 0.6 is 11.6 Å². The number of sulfone groups is 1. The van der Waals surface area contributed by atoms with E-state index in [2.05, 4.69) is 14.9 Å². The molecule has 3 heterocycles. The number of piperidine rings is 1. The van der Waals surface area contributed by atoms with E-state index < -0.39 is 20.6 Å². The monoisotopic (exact) mass is 543 g/mol. The summed E-state index contributed by atoms with van der Waals surface area (Å²) in [7, 11) is -3.53. The van der Waals surface area contributed by atoms with Crippen LogP contribution in [0.5, 0.6) is 11.5 Å². The molecule has 2 fully saturated rings. The van der Waals surface area contributed by atoms with E-state index in [1.807, 2.05) is 0 Å². The molecule has 1 saturated heterocycles. The molecule has 0 radical (unpaired) electrons. The van der Waals surface area contributed by atoms with Crippen molar-refractivity contribution in [3.63, 3.8) is 0 Å². The predicted octanol–water partition coefficient (Wildman–Crippen LogP) is 5.67. The van der Waals surface area contributed by atoms with Crippen LogP contribution in [0.3, 0.4) is 0 Å². The maximum atomic E-state index is 15.0. The van der Waals surface area contributed by atoms with Crippen LogP contribution in [0, 0.1) is 11.7 Å². The predicted molar refractivity (Wildman–Crippen MR) is 138 cm³/mol. The van der Waals surface area contributed by atoms with Crippen LogP contribution in [-0.2, 0) is 9.84 Å². The number of anilines is 1. The lowest BCUT2D eigenvalue weighted by Crippen LogP contribution is -2.36. The van der Waals surface area contributed by atoms with Crippen LogP contribution in [-0.4, -0.2) is 43.0 Å². The molecule has 1 aromatic heterocycles. The van der Waals surface area contributed by atoms with E-state index in [4.69, 9.17) is 21.1 Å². The molecule has 37 heavy (non-hydrogen) atoms. The van der Waals surface area contributed by atoms with Gasteiger partial charge in [0.05, 0.1) is 24.0 Å². The lowest BCUT2D eigenvalue weighted by Gasteiger charge is -2.31. The Morgan fingerprint density at radius 3 is 2.43 bits per heavy atom. The Labute approximate surface area is 220 Å². The average molecular weight is 544 g/mol. The molecule has 1 spiro atoms. The SMILES string of the molecule is O=S1(=O)c2ccc(-c3ccc(OCC4CCN(c5ncc(Cl)cn5)CC4)c(F)c3)cc2OC12CCCC2. The molecule has 3 aliphatic rings. The number of hydrogen-bond donors (Lipinski definition) is 0. The molecular weight excluding hydrogens is 517 g/mol. The van der Waals surface area contributed by atoms with E-state index in [-0.39, 0.29) is 10.6 Å². The summed E-state index contributed by atoms with van der Waals surface area (Å²) >= 11 is 5.87. The van der Waals surface area contributed by atoms with Crippen LogP contribution < -0.4 is 14.4 Å². The van der Waals surface area contributed by atoms with E-state index in [1.54, 1.807) is 42.7 Å². The Hall–Kier alpha value is -2.91. The third kappa shape index (κ3) is 4.42. The van der Waals surface area contributed by atoms with Crippen molar-refractivity contribution in [2.45, 2.75) is 48.4 Å². The van der Waals surface area contributed by atoms with E-state index in [0.717, 1.165) is 38.8 Å². The highest BCUT2D eigenvalue weighted by Crippen LogP contribution is 2.50. The summed E-state index contributed by atoms with van der Waals surface area (Å²) < 4.78 is 52.9. The van der Waals surface area contributed by atoms with Crippen LogP contribution in [0.25, 0.3) is 11.1 Å². The fourth-order valence-electron chi connectivity index (χ4n) is 5.50. The van der Waals surface area contributed by atoms with Crippen molar-refractivity contribution >= 4 is 27.4 Å². The Morgan fingerprint density at radius 1 is 1.05 bits per heavy atom. The Kier molecular flexibility index (Phi) is 6.23. The van der Waals surface area contributed by atoms with Gasteiger partial charge in [0.2, 0.25) is 20.7 Å². The first-order valence-corrected chi connectivity index (χ1v) is 14.4. The molecule has 10 heteroatoms. The van der Waals surface area contributed by atoms with Crippen LogP contribution in [0.15, 0.2) is 53.7 Å². The van der Waals surface area contributed by atoms with Gasteiger partial charge < -0.3 is 14.4 Å². The minimum absolute atomic E-state index is 0.206. The standard InChI is InChI=1S/C27H27ClFN3O4S/c28-21-15-30-26(31-16-21)32-11-7-18(8-12-32)17-35-23-5-3-19(13-22(23)29)20-4-6-25-24(14-20)36-27(37(25,33)34)9-1-2-10-27/h3-6,13-16,18H,1-2,7-12,17H2. The Balaban J connectivity index is 1.10. The summed E-state index contributed by atoms with van der Waals surface area (Å²) in [4.78, 5) is 9.76. The van der Waals surface area contributed by atoms with Crippen molar-refractivity contribution in [2.75, 3.05) is 24.6 Å². The second kappa shape index (κ2) is 9.44. The first-order valence-electron chi connectivity index (χ1n) is 12.6. The maximum Gasteiger partial charge on any atom is 0.225 e. The van der Waals surface area contributed by atoms with Crippen molar-refractivity contribution < 1.29 is 22.3 Å². The molecular formula is C27H27ClFN3O4S. The van der Waals surface area contributed by atoms with Gasteiger partial charge in [0, 0.05) is 25.9 Å². The molecule has 0 atom stereocenters. The summed E-state index contributed by atoms with van der Waals surface area (Å²) in [5.41, 5.74) is 1.34. The quantitative estimate of drug-likeness (QED) is 0.410. The zero-order chi connectivity index (χ0) is 25.6. The summed E-state index contributed by atoms with van der Waals surface area (Å²) in [6, 6.07) is 9.83. The van der Waals surface area contributed by atoms with Gasteiger partial charge in [0.25, 0.3) is 0 Å². The number of ether oxygens (including phenoxy) is 2. The number of halogens is 2. The highest BCUT2D eigenvalue weighted by molar-refractivity contribution is 7.93. The number of fused-ring (bicyclic) bond motifs is 1. The second-order valence-corrected chi connectivity index (χ2v) is 12.6. The highest BCUT2D eigenvalue weighted by Gasteiger charge is 2.55. The van der Waals surface area contributed by atoms with Crippen molar-refractivity contribution in [3.05, 3.63) is 59.6 Å². The van der Waals surface area contributed by atoms with Crippen molar-refractivity contribution in [1.29, 1.82) is 0 Å². The van der Waals surface area contributed by atoms with Crippen LogP contribution in [0.4, 0.5) is 10.3 Å². The van der Waals surface area contributed by atoms with Gasteiger partial charge >= 0.3 is 0 Å². The summed E-state index contributed by atoms with van der Waals surface area (Å²) in [5.74, 6) is 1.08. The van der Waals surface area contributed by atoms with E-state index >= 15 is 0 Å². The van der Waals surface area contributed by atoms with Crippen LogP contribution in [0.2, 0.25) is 5.02 Å². The maximum absolute atomic E-state index is 15.0. The molecule has 2 aliphatic heterocycles. The van der Waals surface area contributed by atoms with Crippen molar-refractivity contribution in [2.24, 2.45) is 5.92 Å². The molecule has 0 N–H and O–H groups in total. The van der Waals surface area contributed by atoms with E-state index in [9.17, 15) is 12.8 Å². The fraction of sp³-hybridized carbons (Fsp3) is 0.407. The van der Waals surface area contributed by atoms with Crippen LogP contribution in [0.1, 0.15) is 38.5 Å². The lowest BCUT2D eigenvalue weighted by molar-refractivity contribution is 0.171. The van der Waals surface area contributed by atoms with E-state index in [1.165, 1.54) is 6.07 Å². The molecule has 0 amide bonds. The normalized spacial score (nSPS) is 20.1. The van der Waals surface area contributed by atoms with Gasteiger partial charge in [0.1, 0.15) is 10.6 Å². The van der Waals surface area contributed by atoms with Crippen molar-refractivity contribution in [3.8, 4) is 22.6 Å². The molecule has 0 bridgehead atoms. The largest absolute Gasteiger partial charge is 0.490 e. The number of rotatable bonds is 5. The molecule has 194 valence electrons. The zero-order valence-corrected chi connectivity index (χ0v) is 21.8. The third-order valence-corrected chi connectivity index (χ3v) is 10.2. The summed E-state index contributed by atoms with van der Waals surface area (Å²) in [5, 5.41) is 0.509.